The molecule has 0 heterocycles. The molecule has 0 aromatic heterocycles. The zero-order valence-corrected chi connectivity index (χ0v) is 15.9. The smallest absolute Gasteiger partial charge is 0.338 e. The van der Waals surface area contributed by atoms with Crippen LogP contribution in [0.2, 0.25) is 0 Å². The van der Waals surface area contributed by atoms with Gasteiger partial charge in [-0.05, 0) is 31.0 Å². The van der Waals surface area contributed by atoms with Crippen LogP contribution in [0.25, 0.3) is 0 Å². The number of urea groups is 1. The maximum Gasteiger partial charge on any atom is 0.338 e. The normalized spacial score (nSPS) is 10.1. The maximum absolute atomic E-state index is 12.1. The Morgan fingerprint density at radius 1 is 1.19 bits per heavy atom. The van der Waals surface area contributed by atoms with Gasteiger partial charge in [0.2, 0.25) is 0 Å². The monoisotopic (exact) mass is 378 g/mol. The summed E-state index contributed by atoms with van der Waals surface area (Å²) in [6.45, 7) is 9.84. The summed E-state index contributed by atoms with van der Waals surface area (Å²) >= 11 is 0. The highest BCUT2D eigenvalue weighted by atomic mass is 16.5. The zero-order valence-electron chi connectivity index (χ0n) is 15.9. The molecule has 0 aliphatic carbocycles. The Bertz CT molecular complexity index is 672. The highest BCUT2D eigenvalue weighted by Crippen LogP contribution is 2.29. The van der Waals surface area contributed by atoms with Gasteiger partial charge in [-0.1, -0.05) is 19.9 Å². The molecule has 0 spiro atoms. The van der Waals surface area contributed by atoms with E-state index in [-0.39, 0.29) is 12.1 Å². The van der Waals surface area contributed by atoms with Crippen LogP contribution in [0.15, 0.2) is 30.9 Å². The lowest BCUT2D eigenvalue weighted by molar-refractivity contribution is -0.123. The fourth-order valence-electron chi connectivity index (χ4n) is 1.87. The summed E-state index contributed by atoms with van der Waals surface area (Å²) in [6.07, 6.45) is 1.47. The van der Waals surface area contributed by atoms with Gasteiger partial charge in [-0.3, -0.25) is 10.1 Å². The van der Waals surface area contributed by atoms with Crippen LogP contribution in [0, 0.1) is 5.92 Å². The minimum absolute atomic E-state index is 0.208. The maximum atomic E-state index is 12.1. The van der Waals surface area contributed by atoms with E-state index in [2.05, 4.69) is 11.9 Å². The van der Waals surface area contributed by atoms with Crippen LogP contribution in [0.4, 0.5) is 4.79 Å². The first-order chi connectivity index (χ1) is 12.9. The quantitative estimate of drug-likeness (QED) is 0.478. The summed E-state index contributed by atoms with van der Waals surface area (Å²) in [6, 6.07) is 3.94. The molecule has 148 valence electrons. The SMILES string of the molecule is C=CCNC(=O)NC(=O)COC(=O)c1ccc(OCC(C)C)c(OCC)c1. The number of benzene rings is 1. The van der Waals surface area contributed by atoms with Crippen molar-refractivity contribution in [2.75, 3.05) is 26.4 Å². The van der Waals surface area contributed by atoms with Crippen molar-refractivity contribution in [2.24, 2.45) is 5.92 Å². The largest absolute Gasteiger partial charge is 0.490 e. The van der Waals surface area contributed by atoms with E-state index in [0.717, 1.165) is 0 Å². The second kappa shape index (κ2) is 11.6. The van der Waals surface area contributed by atoms with Crippen molar-refractivity contribution in [1.82, 2.24) is 10.6 Å². The molecule has 27 heavy (non-hydrogen) atoms. The van der Waals surface area contributed by atoms with Crippen LogP contribution in [0.1, 0.15) is 31.1 Å². The molecule has 2 N–H and O–H groups in total. The first-order valence-electron chi connectivity index (χ1n) is 8.62. The standard InChI is InChI=1S/C19H26N2O6/c1-5-9-20-19(24)21-17(22)12-27-18(23)14-7-8-15(26-11-13(3)4)16(10-14)25-6-2/h5,7-8,10,13H,1,6,9,11-12H2,2-4H3,(H2,20,21,22,24). The van der Waals surface area contributed by atoms with E-state index < -0.39 is 24.5 Å². The van der Waals surface area contributed by atoms with E-state index in [0.29, 0.717) is 30.6 Å². The molecule has 1 rings (SSSR count). The molecule has 8 nitrogen and oxygen atoms in total. The number of amides is 3. The van der Waals surface area contributed by atoms with Gasteiger partial charge in [0.05, 0.1) is 18.8 Å². The molecule has 0 aliphatic heterocycles. The Hall–Kier alpha value is -3.03. The van der Waals surface area contributed by atoms with Crippen molar-refractivity contribution in [3.8, 4) is 11.5 Å². The van der Waals surface area contributed by atoms with Crippen LogP contribution in [-0.4, -0.2) is 44.3 Å². The Morgan fingerprint density at radius 3 is 2.56 bits per heavy atom. The van der Waals surface area contributed by atoms with Gasteiger partial charge in [-0.15, -0.1) is 6.58 Å². The molecule has 0 saturated heterocycles. The van der Waals surface area contributed by atoms with Crippen LogP contribution in [0.5, 0.6) is 11.5 Å². The molecule has 8 heteroatoms. The summed E-state index contributed by atoms with van der Waals surface area (Å²) < 4.78 is 16.1. The molecule has 0 aliphatic rings. The van der Waals surface area contributed by atoms with Gasteiger partial charge < -0.3 is 19.5 Å². The Morgan fingerprint density at radius 2 is 1.93 bits per heavy atom. The summed E-state index contributed by atoms with van der Waals surface area (Å²) in [7, 11) is 0. The van der Waals surface area contributed by atoms with Crippen molar-refractivity contribution in [2.45, 2.75) is 20.8 Å². The molecule has 0 unspecified atom stereocenters. The topological polar surface area (TPSA) is 103 Å². The number of rotatable bonds is 10. The van der Waals surface area contributed by atoms with Crippen molar-refractivity contribution in [1.29, 1.82) is 0 Å². The number of carbonyl (C=O) groups excluding carboxylic acids is 3. The van der Waals surface area contributed by atoms with E-state index in [1.54, 1.807) is 6.07 Å². The average molecular weight is 378 g/mol. The first-order valence-corrected chi connectivity index (χ1v) is 8.62. The fraction of sp³-hybridized carbons (Fsp3) is 0.421. The molecule has 0 atom stereocenters. The van der Waals surface area contributed by atoms with E-state index in [1.807, 2.05) is 26.1 Å². The third-order valence-electron chi connectivity index (χ3n) is 3.05. The molecule has 3 amide bonds. The minimum atomic E-state index is -0.744. The molecule has 1 aromatic carbocycles. The lowest BCUT2D eigenvalue weighted by Gasteiger charge is -2.14. The molecular weight excluding hydrogens is 352 g/mol. The summed E-state index contributed by atoms with van der Waals surface area (Å²) in [5, 5.41) is 4.40. The van der Waals surface area contributed by atoms with E-state index in [1.165, 1.54) is 18.2 Å². The Balaban J connectivity index is 2.65. The lowest BCUT2D eigenvalue weighted by Crippen LogP contribution is -2.41. The summed E-state index contributed by atoms with van der Waals surface area (Å²) in [5.41, 5.74) is 0.208. The molecule has 0 fully saturated rings. The van der Waals surface area contributed by atoms with Gasteiger partial charge in [0, 0.05) is 6.54 Å². The highest BCUT2D eigenvalue weighted by molar-refractivity contribution is 5.97. The third-order valence-corrected chi connectivity index (χ3v) is 3.05. The number of nitrogens with one attached hydrogen (secondary N) is 2. The number of imide groups is 1. The summed E-state index contributed by atoms with van der Waals surface area (Å²) in [4.78, 5) is 35.1. The second-order valence-corrected chi connectivity index (χ2v) is 5.92. The van der Waals surface area contributed by atoms with Crippen molar-refractivity contribution in [3.63, 3.8) is 0 Å². The van der Waals surface area contributed by atoms with Crippen molar-refractivity contribution < 1.29 is 28.6 Å². The predicted molar refractivity (Wildman–Crippen MR) is 100.0 cm³/mol. The average Bonchev–Trinajstić information content (AvgIpc) is 2.63. The van der Waals surface area contributed by atoms with Gasteiger partial charge in [0.1, 0.15) is 0 Å². The van der Waals surface area contributed by atoms with Gasteiger partial charge in [0.15, 0.2) is 18.1 Å². The molecule has 0 saturated carbocycles. The van der Waals surface area contributed by atoms with Crippen molar-refractivity contribution >= 4 is 17.9 Å². The predicted octanol–water partition coefficient (Wildman–Crippen LogP) is 2.29. The number of hydrogen-bond acceptors (Lipinski definition) is 6. The van der Waals surface area contributed by atoms with Crippen molar-refractivity contribution in [3.05, 3.63) is 36.4 Å². The Labute approximate surface area is 158 Å². The van der Waals surface area contributed by atoms with Gasteiger partial charge in [0.25, 0.3) is 5.91 Å². The number of carbonyl (C=O) groups is 3. The van der Waals surface area contributed by atoms with E-state index in [9.17, 15) is 14.4 Å². The van der Waals surface area contributed by atoms with Crippen LogP contribution in [-0.2, 0) is 9.53 Å². The zero-order chi connectivity index (χ0) is 20.2. The molecule has 0 bridgehead atoms. The lowest BCUT2D eigenvalue weighted by atomic mass is 10.2. The molecular formula is C19H26N2O6. The van der Waals surface area contributed by atoms with Crippen LogP contribution in [0.3, 0.4) is 0 Å². The van der Waals surface area contributed by atoms with E-state index in [4.69, 9.17) is 14.2 Å². The third kappa shape index (κ3) is 8.26. The highest BCUT2D eigenvalue weighted by Gasteiger charge is 2.15. The van der Waals surface area contributed by atoms with Crippen LogP contribution >= 0.6 is 0 Å². The van der Waals surface area contributed by atoms with Gasteiger partial charge in [-0.25, -0.2) is 9.59 Å². The fourth-order valence-corrected chi connectivity index (χ4v) is 1.87. The molecule has 1 aromatic rings. The minimum Gasteiger partial charge on any atom is -0.490 e. The van der Waals surface area contributed by atoms with E-state index >= 15 is 0 Å². The van der Waals surface area contributed by atoms with Gasteiger partial charge >= 0.3 is 12.0 Å². The van der Waals surface area contributed by atoms with Gasteiger partial charge in [-0.2, -0.15) is 0 Å². The van der Waals surface area contributed by atoms with Crippen LogP contribution < -0.4 is 20.1 Å². The number of hydrogen-bond donors (Lipinski definition) is 2. The first kappa shape index (κ1) is 22.0. The second-order valence-electron chi connectivity index (χ2n) is 5.92. The summed E-state index contributed by atoms with van der Waals surface area (Å²) in [5.74, 6) is -0.175. The molecule has 0 radical (unpaired) electrons. The number of esters is 1. The Kier molecular flexibility index (Phi) is 9.42. The number of ether oxygens (including phenoxy) is 3.